The fourth-order valence-electron chi connectivity index (χ4n) is 1.36. The van der Waals surface area contributed by atoms with E-state index in [0.717, 1.165) is 12.8 Å². The zero-order chi connectivity index (χ0) is 13.4. The maximum absolute atomic E-state index is 9.77. The SMILES string of the molecule is C[Si](C)(C)C#CC(O)CCC[Se]c1ccccc1. The summed E-state index contributed by atoms with van der Waals surface area (Å²) in [6.07, 6.45) is 1.45. The molecule has 0 aromatic heterocycles. The van der Waals surface area contributed by atoms with Crippen LogP contribution in [0.4, 0.5) is 0 Å². The minimum absolute atomic E-state index is 0.428. The molecule has 0 amide bonds. The van der Waals surface area contributed by atoms with Gasteiger partial charge in [0.15, 0.2) is 0 Å². The first-order valence-electron chi connectivity index (χ1n) is 6.36. The van der Waals surface area contributed by atoms with Crippen molar-refractivity contribution in [1.29, 1.82) is 0 Å². The summed E-state index contributed by atoms with van der Waals surface area (Å²) >= 11 is 0.535. The number of hydrogen-bond acceptors (Lipinski definition) is 1. The van der Waals surface area contributed by atoms with Crippen LogP contribution in [0.25, 0.3) is 0 Å². The summed E-state index contributed by atoms with van der Waals surface area (Å²) in [5, 5.41) is 10.9. The molecule has 0 aliphatic heterocycles. The van der Waals surface area contributed by atoms with Crippen molar-refractivity contribution >= 4 is 27.5 Å². The van der Waals surface area contributed by atoms with Crippen molar-refractivity contribution in [2.24, 2.45) is 0 Å². The van der Waals surface area contributed by atoms with Crippen molar-refractivity contribution in [1.82, 2.24) is 0 Å². The molecule has 0 bridgehead atoms. The predicted octanol–water partition coefficient (Wildman–Crippen LogP) is 2.46. The van der Waals surface area contributed by atoms with Crippen LogP contribution in [0.5, 0.6) is 0 Å². The molecule has 0 heterocycles. The molecule has 1 rings (SSSR count). The van der Waals surface area contributed by atoms with E-state index < -0.39 is 14.2 Å². The molecule has 1 aromatic rings. The quantitative estimate of drug-likeness (QED) is 0.501. The zero-order valence-electron chi connectivity index (χ0n) is 11.4. The molecule has 1 N–H and O–H groups in total. The number of hydrogen-bond donors (Lipinski definition) is 1. The van der Waals surface area contributed by atoms with E-state index in [2.05, 4.69) is 61.4 Å². The molecule has 0 radical (unpaired) electrons. The third-order valence-electron chi connectivity index (χ3n) is 2.25. The Balaban J connectivity index is 2.20. The average molecular weight is 325 g/mol. The molecule has 0 saturated carbocycles. The summed E-state index contributed by atoms with van der Waals surface area (Å²) in [4.78, 5) is 0. The Kier molecular flexibility index (Phi) is 6.74. The van der Waals surface area contributed by atoms with E-state index in [0.29, 0.717) is 15.0 Å². The van der Waals surface area contributed by atoms with Crippen molar-refractivity contribution < 1.29 is 5.11 Å². The first-order chi connectivity index (χ1) is 8.47. The third-order valence-corrected chi connectivity index (χ3v) is 5.45. The predicted molar refractivity (Wildman–Crippen MR) is 83.0 cm³/mol. The molecule has 3 heteroatoms. The van der Waals surface area contributed by atoms with Gasteiger partial charge in [-0.2, -0.15) is 0 Å². The first-order valence-corrected chi connectivity index (χ1v) is 11.9. The second-order valence-electron chi connectivity index (χ2n) is 5.34. The molecule has 1 nitrogen and oxygen atoms in total. The summed E-state index contributed by atoms with van der Waals surface area (Å²) in [6.45, 7) is 6.60. The van der Waals surface area contributed by atoms with Crippen LogP contribution in [-0.2, 0) is 0 Å². The van der Waals surface area contributed by atoms with Crippen LogP contribution in [-0.4, -0.2) is 34.2 Å². The summed E-state index contributed by atoms with van der Waals surface area (Å²) in [5.41, 5.74) is 3.22. The van der Waals surface area contributed by atoms with Crippen LogP contribution in [0.1, 0.15) is 12.8 Å². The van der Waals surface area contributed by atoms with E-state index >= 15 is 0 Å². The normalized spacial score (nSPS) is 12.7. The molecule has 98 valence electrons. The van der Waals surface area contributed by atoms with Gasteiger partial charge in [0.05, 0.1) is 0 Å². The fraction of sp³-hybridized carbons (Fsp3) is 0.467. The van der Waals surface area contributed by atoms with Crippen molar-refractivity contribution in [2.75, 3.05) is 0 Å². The molecule has 0 fully saturated rings. The molecule has 0 aliphatic rings. The molecule has 1 aromatic carbocycles. The first kappa shape index (κ1) is 15.5. The Hall–Kier alpha value is -0.524. The summed E-state index contributed by atoms with van der Waals surface area (Å²) in [6, 6.07) is 10.6. The Morgan fingerprint density at radius 1 is 1.22 bits per heavy atom. The van der Waals surface area contributed by atoms with E-state index in [1.807, 2.05) is 0 Å². The summed E-state index contributed by atoms with van der Waals surface area (Å²) in [5.74, 6) is 3.00. The molecule has 0 saturated heterocycles. The topological polar surface area (TPSA) is 20.2 Å². The van der Waals surface area contributed by atoms with Gasteiger partial charge in [-0.3, -0.25) is 0 Å². The summed E-state index contributed by atoms with van der Waals surface area (Å²) in [7, 11) is -1.34. The molecule has 18 heavy (non-hydrogen) atoms. The maximum atomic E-state index is 9.77. The van der Waals surface area contributed by atoms with Gasteiger partial charge in [0.1, 0.15) is 0 Å². The number of aliphatic hydroxyl groups excluding tert-OH is 1. The van der Waals surface area contributed by atoms with Gasteiger partial charge in [-0.05, 0) is 0 Å². The van der Waals surface area contributed by atoms with Crippen LogP contribution in [0.2, 0.25) is 25.0 Å². The van der Waals surface area contributed by atoms with Crippen molar-refractivity contribution in [3.8, 4) is 11.5 Å². The molecule has 1 unspecified atom stereocenters. The fourth-order valence-corrected chi connectivity index (χ4v) is 3.84. The third kappa shape index (κ3) is 7.74. The average Bonchev–Trinajstić information content (AvgIpc) is 2.33. The van der Waals surface area contributed by atoms with Crippen LogP contribution in [0.3, 0.4) is 0 Å². The standard InChI is InChI=1S/C15H22OSeSi/c1-18(2,3)13-11-14(16)8-7-12-17-15-9-5-4-6-10-15/h4-6,9-10,14,16H,7-8,12H2,1-3H3. The van der Waals surface area contributed by atoms with Gasteiger partial charge >= 0.3 is 118 Å². The molecular weight excluding hydrogens is 303 g/mol. The number of benzene rings is 1. The molecular formula is C15H22OSeSi. The molecule has 0 aliphatic carbocycles. The minimum atomic E-state index is -1.34. The van der Waals surface area contributed by atoms with E-state index in [4.69, 9.17) is 0 Å². The van der Waals surface area contributed by atoms with E-state index in [1.54, 1.807) is 0 Å². The van der Waals surface area contributed by atoms with E-state index in [-0.39, 0.29) is 0 Å². The number of aliphatic hydroxyl groups is 1. The molecule has 1 atom stereocenters. The van der Waals surface area contributed by atoms with E-state index in [1.165, 1.54) is 9.78 Å². The van der Waals surface area contributed by atoms with Gasteiger partial charge in [-0.15, -0.1) is 0 Å². The number of rotatable bonds is 5. The van der Waals surface area contributed by atoms with E-state index in [9.17, 15) is 5.11 Å². The Morgan fingerprint density at radius 3 is 2.50 bits per heavy atom. The van der Waals surface area contributed by atoms with Crippen LogP contribution in [0.15, 0.2) is 30.3 Å². The molecule has 0 spiro atoms. The second kappa shape index (κ2) is 7.81. The van der Waals surface area contributed by atoms with Gasteiger partial charge in [-0.25, -0.2) is 0 Å². The Bertz CT molecular complexity index is 400. The van der Waals surface area contributed by atoms with Crippen molar-refractivity contribution in [3.63, 3.8) is 0 Å². The van der Waals surface area contributed by atoms with Gasteiger partial charge < -0.3 is 0 Å². The second-order valence-corrected chi connectivity index (χ2v) is 12.5. The zero-order valence-corrected chi connectivity index (χ0v) is 14.2. The Labute approximate surface area is 118 Å². The van der Waals surface area contributed by atoms with Crippen molar-refractivity contribution in [3.05, 3.63) is 30.3 Å². The summed E-state index contributed by atoms with van der Waals surface area (Å²) < 4.78 is 1.44. The van der Waals surface area contributed by atoms with Gasteiger partial charge in [0, 0.05) is 0 Å². The van der Waals surface area contributed by atoms with Gasteiger partial charge in [-0.1, -0.05) is 0 Å². The van der Waals surface area contributed by atoms with Gasteiger partial charge in [0.2, 0.25) is 0 Å². The van der Waals surface area contributed by atoms with Crippen molar-refractivity contribution in [2.45, 2.75) is 43.9 Å². The van der Waals surface area contributed by atoms with Crippen LogP contribution in [0, 0.1) is 11.5 Å². The van der Waals surface area contributed by atoms with Gasteiger partial charge in [0.25, 0.3) is 0 Å². The van der Waals surface area contributed by atoms with Crippen LogP contribution < -0.4 is 4.46 Å². The van der Waals surface area contributed by atoms with Crippen LogP contribution >= 0.6 is 0 Å². The monoisotopic (exact) mass is 326 g/mol. The Morgan fingerprint density at radius 2 is 1.89 bits per heavy atom.